The number of aliphatic hydroxyl groups excluding tert-OH is 1. The number of hydrogen-bond donors (Lipinski definition) is 1. The van der Waals surface area contributed by atoms with Crippen LogP contribution in [0.15, 0.2) is 0 Å². The largest absolute Gasteiger partial charge is 0.389 e. The van der Waals surface area contributed by atoms with Crippen LogP contribution in [0.1, 0.15) is 19.8 Å². The van der Waals surface area contributed by atoms with Crippen LogP contribution in [0.4, 0.5) is 0 Å². The van der Waals surface area contributed by atoms with Crippen LogP contribution in [0, 0.1) is 0 Å². The Morgan fingerprint density at radius 3 is 2.77 bits per heavy atom. The smallest absolute Gasteiger partial charge is 0.238 e. The summed E-state index contributed by atoms with van der Waals surface area (Å²) in [7, 11) is 0. The minimum absolute atomic E-state index is 0.194. The number of rotatable bonds is 1. The van der Waals surface area contributed by atoms with Gasteiger partial charge in [-0.25, -0.2) is 0 Å². The third kappa shape index (κ3) is 1.57. The van der Waals surface area contributed by atoms with Crippen LogP contribution < -0.4 is 0 Å². The number of thioether (sulfide) groups is 1. The van der Waals surface area contributed by atoms with Gasteiger partial charge in [0, 0.05) is 13.1 Å². The van der Waals surface area contributed by atoms with Gasteiger partial charge < -0.3 is 10.0 Å². The van der Waals surface area contributed by atoms with E-state index in [4.69, 9.17) is 5.11 Å². The number of β-amino-alcohol motifs (C(OH)–C–C–N with tert-alkyl or cyclic N) is 1. The molecule has 74 valence electrons. The predicted octanol–water partition coefficient (Wildman–Crippen LogP) is 0.475. The molecule has 0 aromatic rings. The number of hydrogen-bond acceptors (Lipinski definition) is 3. The molecule has 2 fully saturated rings. The Morgan fingerprint density at radius 2 is 2.31 bits per heavy atom. The molecule has 3 nitrogen and oxygen atoms in total. The molecule has 2 heterocycles. The van der Waals surface area contributed by atoms with E-state index in [0.29, 0.717) is 13.1 Å². The van der Waals surface area contributed by atoms with Crippen molar-refractivity contribution in [2.75, 3.05) is 18.8 Å². The number of amides is 1. The van der Waals surface area contributed by atoms with Crippen molar-refractivity contribution >= 4 is 17.7 Å². The van der Waals surface area contributed by atoms with Crippen LogP contribution in [0.2, 0.25) is 0 Å². The monoisotopic (exact) mass is 201 g/mol. The highest BCUT2D eigenvalue weighted by atomic mass is 32.2. The second-order valence-corrected chi connectivity index (χ2v) is 5.64. The molecular formula is C9H15NO2S. The third-order valence-corrected chi connectivity index (χ3v) is 4.33. The van der Waals surface area contributed by atoms with Crippen LogP contribution in [-0.2, 0) is 4.79 Å². The first-order valence-electron chi connectivity index (χ1n) is 4.73. The molecule has 1 amide bonds. The normalized spacial score (nSPS) is 34.8. The Balaban J connectivity index is 1.96. The van der Waals surface area contributed by atoms with Gasteiger partial charge in [0.05, 0.1) is 10.9 Å². The summed E-state index contributed by atoms with van der Waals surface area (Å²) in [4.78, 5) is 13.7. The van der Waals surface area contributed by atoms with E-state index in [1.54, 1.807) is 16.7 Å². The molecule has 0 aliphatic carbocycles. The van der Waals surface area contributed by atoms with Gasteiger partial charge in [-0.05, 0) is 25.5 Å². The van der Waals surface area contributed by atoms with Crippen molar-refractivity contribution in [2.45, 2.75) is 30.6 Å². The molecule has 2 aliphatic heterocycles. The van der Waals surface area contributed by atoms with Crippen LogP contribution in [0.3, 0.4) is 0 Å². The Bertz CT molecular complexity index is 220. The van der Waals surface area contributed by atoms with Gasteiger partial charge in [-0.15, -0.1) is 11.8 Å². The van der Waals surface area contributed by atoms with Gasteiger partial charge in [-0.3, -0.25) is 4.79 Å². The Morgan fingerprint density at radius 1 is 1.62 bits per heavy atom. The lowest BCUT2D eigenvalue weighted by Crippen LogP contribution is -2.58. The van der Waals surface area contributed by atoms with Gasteiger partial charge in [-0.1, -0.05) is 0 Å². The van der Waals surface area contributed by atoms with E-state index in [9.17, 15) is 4.79 Å². The van der Waals surface area contributed by atoms with Crippen molar-refractivity contribution < 1.29 is 9.90 Å². The summed E-state index contributed by atoms with van der Waals surface area (Å²) >= 11 is 1.76. The van der Waals surface area contributed by atoms with E-state index < -0.39 is 0 Å². The molecule has 0 aromatic heterocycles. The number of carbonyl (C=O) groups excluding carboxylic acids is 1. The van der Waals surface area contributed by atoms with Crippen molar-refractivity contribution in [1.29, 1.82) is 0 Å². The van der Waals surface area contributed by atoms with Gasteiger partial charge in [-0.2, -0.15) is 0 Å². The van der Waals surface area contributed by atoms with Crippen LogP contribution >= 0.6 is 11.8 Å². The fourth-order valence-electron chi connectivity index (χ4n) is 1.90. The molecule has 0 bridgehead atoms. The highest BCUT2D eigenvalue weighted by Crippen LogP contribution is 2.39. The fraction of sp³-hybridized carbons (Fsp3) is 0.889. The second-order valence-electron chi connectivity index (χ2n) is 4.05. The molecular weight excluding hydrogens is 186 g/mol. The van der Waals surface area contributed by atoms with Gasteiger partial charge >= 0.3 is 0 Å². The zero-order valence-electron chi connectivity index (χ0n) is 7.82. The zero-order valence-corrected chi connectivity index (χ0v) is 8.64. The predicted molar refractivity (Wildman–Crippen MR) is 52.7 cm³/mol. The molecule has 0 aromatic carbocycles. The van der Waals surface area contributed by atoms with Crippen LogP contribution in [0.25, 0.3) is 0 Å². The average molecular weight is 201 g/mol. The molecule has 0 saturated carbocycles. The van der Waals surface area contributed by atoms with Crippen molar-refractivity contribution in [3.63, 3.8) is 0 Å². The van der Waals surface area contributed by atoms with E-state index in [-0.39, 0.29) is 16.8 Å². The van der Waals surface area contributed by atoms with Gasteiger partial charge in [0.15, 0.2) is 0 Å². The first-order valence-corrected chi connectivity index (χ1v) is 5.72. The minimum atomic E-state index is -0.279. The summed E-state index contributed by atoms with van der Waals surface area (Å²) in [6, 6.07) is 0. The quantitative estimate of drug-likeness (QED) is 0.670. The highest BCUT2D eigenvalue weighted by Gasteiger charge is 2.43. The molecule has 1 unspecified atom stereocenters. The van der Waals surface area contributed by atoms with Gasteiger partial charge in [0.2, 0.25) is 5.91 Å². The van der Waals surface area contributed by atoms with Gasteiger partial charge in [0.1, 0.15) is 0 Å². The summed E-state index contributed by atoms with van der Waals surface area (Å²) in [6.07, 6.45) is 1.85. The number of carbonyl (C=O) groups is 1. The fourth-order valence-corrected chi connectivity index (χ4v) is 3.18. The Kier molecular flexibility index (Phi) is 2.28. The third-order valence-electron chi connectivity index (χ3n) is 2.82. The van der Waals surface area contributed by atoms with Crippen LogP contribution in [-0.4, -0.2) is 45.6 Å². The topological polar surface area (TPSA) is 40.5 Å². The summed E-state index contributed by atoms with van der Waals surface area (Å²) in [5.41, 5.74) is 0. The molecule has 13 heavy (non-hydrogen) atoms. The molecule has 2 saturated heterocycles. The standard InChI is InChI=1S/C9H15NO2S/c1-9(3-2-4-13-9)8(12)10-5-7(11)6-10/h7,11H,2-6H2,1H3. The molecule has 4 heteroatoms. The summed E-state index contributed by atoms with van der Waals surface area (Å²) < 4.78 is -0.194. The molecule has 1 atom stereocenters. The number of nitrogens with zero attached hydrogens (tertiary/aromatic N) is 1. The number of aliphatic hydroxyl groups is 1. The van der Waals surface area contributed by atoms with E-state index in [1.165, 1.54) is 0 Å². The lowest BCUT2D eigenvalue weighted by molar-refractivity contribution is -0.143. The van der Waals surface area contributed by atoms with Crippen molar-refractivity contribution in [3.8, 4) is 0 Å². The average Bonchev–Trinajstić information content (AvgIpc) is 2.46. The summed E-state index contributed by atoms with van der Waals surface area (Å²) in [5, 5.41) is 9.09. The highest BCUT2D eigenvalue weighted by molar-refractivity contribution is 8.01. The first kappa shape index (κ1) is 9.34. The molecule has 1 N–H and O–H groups in total. The molecule has 2 aliphatic rings. The van der Waals surface area contributed by atoms with Gasteiger partial charge in [0.25, 0.3) is 0 Å². The molecule has 2 rings (SSSR count). The van der Waals surface area contributed by atoms with Crippen molar-refractivity contribution in [2.24, 2.45) is 0 Å². The lowest BCUT2D eigenvalue weighted by Gasteiger charge is -2.40. The molecule has 0 radical (unpaired) electrons. The van der Waals surface area contributed by atoms with Crippen LogP contribution in [0.5, 0.6) is 0 Å². The minimum Gasteiger partial charge on any atom is -0.389 e. The first-order chi connectivity index (χ1) is 6.12. The zero-order chi connectivity index (χ0) is 9.47. The maximum absolute atomic E-state index is 11.9. The van der Waals surface area contributed by atoms with E-state index in [0.717, 1.165) is 18.6 Å². The second kappa shape index (κ2) is 3.17. The maximum atomic E-state index is 11.9. The SMILES string of the molecule is CC1(C(=O)N2CC(O)C2)CCCS1. The molecule has 0 spiro atoms. The lowest BCUT2D eigenvalue weighted by atomic mass is 10.0. The Labute approximate surface area is 82.5 Å². The summed E-state index contributed by atoms with van der Waals surface area (Å²) in [6.45, 7) is 3.10. The maximum Gasteiger partial charge on any atom is 0.238 e. The summed E-state index contributed by atoms with van der Waals surface area (Å²) in [5.74, 6) is 1.32. The van der Waals surface area contributed by atoms with E-state index in [1.807, 2.05) is 6.92 Å². The number of likely N-dealkylation sites (tertiary alicyclic amines) is 1. The van der Waals surface area contributed by atoms with Crippen molar-refractivity contribution in [3.05, 3.63) is 0 Å². The Hall–Kier alpha value is -0.220. The van der Waals surface area contributed by atoms with E-state index >= 15 is 0 Å². The van der Waals surface area contributed by atoms with E-state index in [2.05, 4.69) is 0 Å². The van der Waals surface area contributed by atoms with Crippen molar-refractivity contribution in [1.82, 2.24) is 4.90 Å².